The fourth-order valence-electron chi connectivity index (χ4n) is 1.11. The second kappa shape index (κ2) is 5.66. The number of terminal acetylenes is 1. The van der Waals surface area contributed by atoms with Crippen LogP contribution in [0.2, 0.25) is 0 Å². The molecular weight excluding hydrogens is 204 g/mol. The molecule has 0 saturated carbocycles. The summed E-state index contributed by atoms with van der Waals surface area (Å²) in [4.78, 5) is 11.8. The number of hydrogen-bond donors (Lipinski definition) is 2. The number of ether oxygens (including phenoxy) is 1. The number of hydrogen-bond acceptors (Lipinski definition) is 3. The van der Waals surface area contributed by atoms with Crippen molar-refractivity contribution < 1.29 is 17.8 Å². The van der Waals surface area contributed by atoms with Gasteiger partial charge in [-0.15, -0.1) is 6.42 Å². The number of nitrogens with one attached hydrogen (secondary N) is 2. The minimum Gasteiger partial charge on any atom is -0.495 e. The molecule has 0 aliphatic heterocycles. The molecule has 1 aromatic rings. The number of methoxy groups -OCH3 is 1. The highest BCUT2D eigenvalue weighted by molar-refractivity contribution is 5.95. The van der Waals surface area contributed by atoms with Crippen molar-refractivity contribution in [3.05, 3.63) is 23.8 Å². The van der Waals surface area contributed by atoms with E-state index in [2.05, 4.69) is 11.2 Å². The van der Waals surface area contributed by atoms with Crippen molar-refractivity contribution in [1.29, 1.82) is 0 Å². The maximum Gasteiger partial charge on any atom is 0.251 e. The van der Waals surface area contributed by atoms with Crippen molar-refractivity contribution in [1.82, 2.24) is 5.32 Å². The molecule has 1 rings (SSSR count). The summed E-state index contributed by atoms with van der Waals surface area (Å²) in [6.07, 6.45) is 5.11. The molecule has 2 N–H and O–H groups in total. The van der Waals surface area contributed by atoms with E-state index in [1.165, 1.54) is 12.1 Å². The molecule has 84 valence electrons. The Bertz CT molecular complexity index is 589. The van der Waals surface area contributed by atoms with Gasteiger partial charge in [0.2, 0.25) is 0 Å². The molecule has 0 radical (unpaired) electrons. The van der Waals surface area contributed by atoms with Gasteiger partial charge in [0.05, 0.1) is 23.4 Å². The zero-order valence-corrected chi connectivity index (χ0v) is 8.33. The maximum absolute atomic E-state index is 11.8. The third-order valence-corrected chi connectivity index (χ3v) is 1.85. The molecule has 0 aliphatic carbocycles. The SMILES string of the molecule is [2H]C([2H])([2H])NC(=O)c1ccc(NCC#C)c(OC([2H])([2H])[2H])c1. The number of carbonyl (C=O) groups excluding carboxylic acids is 1. The van der Waals surface area contributed by atoms with E-state index in [0.717, 1.165) is 6.07 Å². The first kappa shape index (κ1) is 5.80. The van der Waals surface area contributed by atoms with Crippen LogP contribution >= 0.6 is 0 Å². The van der Waals surface area contributed by atoms with Gasteiger partial charge in [-0.05, 0) is 18.2 Å². The highest BCUT2D eigenvalue weighted by Crippen LogP contribution is 2.25. The first-order valence-electron chi connectivity index (χ1n) is 7.35. The van der Waals surface area contributed by atoms with Gasteiger partial charge in [-0.2, -0.15) is 0 Å². The molecule has 4 nitrogen and oxygen atoms in total. The summed E-state index contributed by atoms with van der Waals surface area (Å²) in [5, 5.41) is 4.55. The third-order valence-electron chi connectivity index (χ3n) is 1.85. The molecule has 0 fully saturated rings. The Balaban J connectivity index is 3.10. The van der Waals surface area contributed by atoms with Crippen LogP contribution in [0.25, 0.3) is 0 Å². The number of rotatable bonds is 4. The van der Waals surface area contributed by atoms with Crippen LogP contribution < -0.4 is 15.4 Å². The molecule has 0 unspecified atom stereocenters. The van der Waals surface area contributed by atoms with E-state index in [0.29, 0.717) is 0 Å². The standard InChI is InChI=1S/C12H14N2O2/c1-4-7-14-10-6-5-9(12(15)13-2)8-11(10)16-3/h1,5-6,8,14H,7H2,2-3H3,(H,13,15)/i2D3,3D3. The minimum atomic E-state index is -2.73. The van der Waals surface area contributed by atoms with Gasteiger partial charge in [0.1, 0.15) is 5.75 Å². The van der Waals surface area contributed by atoms with E-state index in [4.69, 9.17) is 19.4 Å². The van der Waals surface area contributed by atoms with Crippen LogP contribution in [0, 0.1) is 12.3 Å². The molecule has 16 heavy (non-hydrogen) atoms. The third kappa shape index (κ3) is 2.67. The maximum atomic E-state index is 11.8. The molecule has 0 spiro atoms. The van der Waals surface area contributed by atoms with E-state index in [1.807, 2.05) is 0 Å². The van der Waals surface area contributed by atoms with E-state index in [1.54, 1.807) is 5.32 Å². The predicted molar refractivity (Wildman–Crippen MR) is 63.7 cm³/mol. The molecule has 1 amide bonds. The molecule has 0 aromatic heterocycles. The van der Waals surface area contributed by atoms with Crippen LogP contribution in [-0.4, -0.2) is 26.5 Å². The van der Waals surface area contributed by atoms with Crippen LogP contribution in [0.4, 0.5) is 5.69 Å². The van der Waals surface area contributed by atoms with Crippen LogP contribution in [0.3, 0.4) is 0 Å². The lowest BCUT2D eigenvalue weighted by molar-refractivity contribution is 0.0963. The highest BCUT2D eigenvalue weighted by atomic mass is 16.5. The fraction of sp³-hybridized carbons (Fsp3) is 0.250. The average molecular weight is 224 g/mol. The highest BCUT2D eigenvalue weighted by Gasteiger charge is 2.08. The topological polar surface area (TPSA) is 50.4 Å². The fourth-order valence-corrected chi connectivity index (χ4v) is 1.11. The Hall–Kier alpha value is -2.15. The monoisotopic (exact) mass is 224 g/mol. The smallest absolute Gasteiger partial charge is 0.251 e. The van der Waals surface area contributed by atoms with Crippen LogP contribution in [0.5, 0.6) is 5.75 Å². The van der Waals surface area contributed by atoms with E-state index < -0.39 is 19.9 Å². The van der Waals surface area contributed by atoms with Gasteiger partial charge in [-0.25, -0.2) is 0 Å². The van der Waals surface area contributed by atoms with Crippen molar-refractivity contribution >= 4 is 11.6 Å². The molecular formula is C12H14N2O2. The van der Waals surface area contributed by atoms with Gasteiger partial charge in [-0.1, -0.05) is 5.92 Å². The Morgan fingerprint density at radius 2 is 2.56 bits per heavy atom. The van der Waals surface area contributed by atoms with Gasteiger partial charge in [0, 0.05) is 16.7 Å². The van der Waals surface area contributed by atoms with Crippen molar-refractivity contribution in [2.75, 3.05) is 25.9 Å². The van der Waals surface area contributed by atoms with Crippen molar-refractivity contribution in [3.8, 4) is 18.1 Å². The zero-order chi connectivity index (χ0) is 17.0. The lowest BCUT2D eigenvalue weighted by atomic mass is 10.1. The summed E-state index contributed by atoms with van der Waals surface area (Å²) in [7, 11) is -2.73. The predicted octanol–water partition coefficient (Wildman–Crippen LogP) is 1.10. The molecule has 0 aliphatic rings. The minimum absolute atomic E-state index is 0.0540. The van der Waals surface area contributed by atoms with Crippen LogP contribution in [0.15, 0.2) is 18.2 Å². The second-order valence-electron chi connectivity index (χ2n) is 2.82. The Labute approximate surface area is 103 Å². The number of anilines is 1. The van der Waals surface area contributed by atoms with Crippen molar-refractivity contribution in [2.45, 2.75) is 0 Å². The van der Waals surface area contributed by atoms with Gasteiger partial charge in [0.25, 0.3) is 5.91 Å². The Morgan fingerprint density at radius 3 is 3.25 bits per heavy atom. The van der Waals surface area contributed by atoms with Gasteiger partial charge < -0.3 is 15.4 Å². The van der Waals surface area contributed by atoms with Crippen molar-refractivity contribution in [3.63, 3.8) is 0 Å². The van der Waals surface area contributed by atoms with Gasteiger partial charge >= 0.3 is 0 Å². The molecule has 0 bridgehead atoms. The van der Waals surface area contributed by atoms with E-state index in [-0.39, 0.29) is 23.5 Å². The number of benzene rings is 1. The molecule has 0 saturated heterocycles. The Kier molecular flexibility index (Phi) is 2.05. The summed E-state index contributed by atoms with van der Waals surface area (Å²) in [5.74, 6) is 1.31. The van der Waals surface area contributed by atoms with Crippen LogP contribution in [0.1, 0.15) is 18.6 Å². The van der Waals surface area contributed by atoms with E-state index in [9.17, 15) is 4.79 Å². The molecule has 0 atom stereocenters. The Morgan fingerprint density at radius 1 is 1.69 bits per heavy atom. The normalized spacial score (nSPS) is 16.2. The summed E-state index contributed by atoms with van der Waals surface area (Å²) < 4.78 is 47.1. The second-order valence-corrected chi connectivity index (χ2v) is 2.82. The average Bonchev–Trinajstić information content (AvgIpc) is 2.33. The molecule has 0 heterocycles. The van der Waals surface area contributed by atoms with E-state index >= 15 is 0 Å². The number of carbonyl (C=O) groups is 1. The number of amides is 1. The van der Waals surface area contributed by atoms with Gasteiger partial charge in [-0.3, -0.25) is 4.79 Å². The summed E-state index contributed by atoms with van der Waals surface area (Å²) in [5.41, 5.74) is 0.223. The van der Waals surface area contributed by atoms with Gasteiger partial charge in [0.15, 0.2) is 0 Å². The van der Waals surface area contributed by atoms with Crippen molar-refractivity contribution in [2.24, 2.45) is 0 Å². The summed E-state index contributed by atoms with van der Waals surface area (Å²) >= 11 is 0. The molecule has 1 aromatic carbocycles. The zero-order valence-electron chi connectivity index (χ0n) is 14.3. The summed E-state index contributed by atoms with van der Waals surface area (Å²) in [6, 6.07) is 3.84. The largest absolute Gasteiger partial charge is 0.495 e. The first-order valence-corrected chi connectivity index (χ1v) is 4.35. The molecule has 4 heteroatoms. The first-order chi connectivity index (χ1) is 10.0. The lowest BCUT2D eigenvalue weighted by Gasteiger charge is -2.10. The lowest BCUT2D eigenvalue weighted by Crippen LogP contribution is -2.17. The van der Waals surface area contributed by atoms with Crippen LogP contribution in [-0.2, 0) is 0 Å². The summed E-state index contributed by atoms with van der Waals surface area (Å²) in [6.45, 7) is -2.53. The quantitative estimate of drug-likeness (QED) is 0.753.